The van der Waals surface area contributed by atoms with Crippen LogP contribution in [0.2, 0.25) is 5.02 Å². The number of nitriles is 1. The van der Waals surface area contributed by atoms with Crippen LogP contribution in [0.4, 0.5) is 0 Å². The molecule has 3 nitrogen and oxygen atoms in total. The minimum absolute atomic E-state index is 0.328. The van der Waals surface area contributed by atoms with Gasteiger partial charge in [-0.2, -0.15) is 5.26 Å². The quantitative estimate of drug-likeness (QED) is 0.259. The molecule has 30 heavy (non-hydrogen) atoms. The largest absolute Gasteiger partial charge is 0.490 e. The lowest BCUT2D eigenvalue weighted by Crippen LogP contribution is -2.01. The van der Waals surface area contributed by atoms with Crippen molar-refractivity contribution in [2.24, 2.45) is 0 Å². The molecule has 0 N–H and O–H groups in total. The second-order valence-corrected chi connectivity index (χ2v) is 7.93. The van der Waals surface area contributed by atoms with E-state index in [2.05, 4.69) is 22.0 Å². The van der Waals surface area contributed by atoms with E-state index in [1.807, 2.05) is 80.6 Å². The molecule has 0 radical (unpaired) electrons. The van der Waals surface area contributed by atoms with Gasteiger partial charge in [-0.3, -0.25) is 0 Å². The van der Waals surface area contributed by atoms with Gasteiger partial charge in [0.2, 0.25) is 0 Å². The van der Waals surface area contributed by atoms with Crippen LogP contribution in [0.15, 0.2) is 65.1 Å². The summed E-state index contributed by atoms with van der Waals surface area (Å²) in [6.07, 6.45) is 1.84. The van der Waals surface area contributed by atoms with Gasteiger partial charge in [-0.05, 0) is 49.2 Å². The molecule has 3 aromatic rings. The smallest absolute Gasteiger partial charge is 0.162 e. The molecule has 3 aromatic carbocycles. The highest BCUT2D eigenvalue weighted by Gasteiger charge is 2.12. The van der Waals surface area contributed by atoms with Crippen molar-refractivity contribution < 1.29 is 9.47 Å². The van der Waals surface area contributed by atoms with Crippen LogP contribution in [0.1, 0.15) is 29.2 Å². The summed E-state index contributed by atoms with van der Waals surface area (Å²) in [5.74, 6) is 1.22. The van der Waals surface area contributed by atoms with Crippen molar-refractivity contribution in [3.63, 3.8) is 0 Å². The van der Waals surface area contributed by atoms with E-state index in [-0.39, 0.29) is 0 Å². The first-order chi connectivity index (χ1) is 14.5. The Morgan fingerprint density at radius 2 is 1.77 bits per heavy atom. The van der Waals surface area contributed by atoms with Crippen LogP contribution in [0.25, 0.3) is 11.6 Å². The maximum Gasteiger partial charge on any atom is 0.162 e. The Labute approximate surface area is 190 Å². The van der Waals surface area contributed by atoms with Crippen LogP contribution in [0.3, 0.4) is 0 Å². The maximum atomic E-state index is 9.66. The highest BCUT2D eigenvalue weighted by atomic mass is 79.9. The van der Waals surface area contributed by atoms with Crippen LogP contribution in [0.5, 0.6) is 11.5 Å². The predicted octanol–water partition coefficient (Wildman–Crippen LogP) is 7.45. The van der Waals surface area contributed by atoms with Crippen LogP contribution >= 0.6 is 27.5 Å². The Morgan fingerprint density at radius 1 is 1.07 bits per heavy atom. The van der Waals surface area contributed by atoms with Crippen molar-refractivity contribution in [3.05, 3.63) is 92.4 Å². The topological polar surface area (TPSA) is 42.2 Å². The molecule has 0 aliphatic carbocycles. The fourth-order valence-electron chi connectivity index (χ4n) is 2.88. The highest BCUT2D eigenvalue weighted by molar-refractivity contribution is 9.10. The normalized spacial score (nSPS) is 11.1. The van der Waals surface area contributed by atoms with Crippen LogP contribution in [-0.4, -0.2) is 6.61 Å². The SMILES string of the molecule is CCOc1cc(/C=C(/C#N)c2ccc(C)cc2)c(Br)cc1OCc1ccccc1Cl. The first-order valence-corrected chi connectivity index (χ1v) is 10.7. The van der Waals surface area contributed by atoms with Crippen molar-refractivity contribution >= 4 is 39.2 Å². The van der Waals surface area contributed by atoms with E-state index < -0.39 is 0 Å². The van der Waals surface area contributed by atoms with E-state index in [1.54, 1.807) is 0 Å². The molecule has 3 rings (SSSR count). The van der Waals surface area contributed by atoms with Gasteiger partial charge in [0.15, 0.2) is 11.5 Å². The Hall–Kier alpha value is -2.74. The van der Waals surface area contributed by atoms with Gasteiger partial charge in [-0.15, -0.1) is 0 Å². The Bertz CT molecular complexity index is 1100. The number of halogens is 2. The summed E-state index contributed by atoms with van der Waals surface area (Å²) in [4.78, 5) is 0. The molecule has 0 aromatic heterocycles. The summed E-state index contributed by atoms with van der Waals surface area (Å²) in [5, 5.41) is 10.3. The van der Waals surface area contributed by atoms with Gasteiger partial charge in [-0.1, -0.05) is 75.6 Å². The van der Waals surface area contributed by atoms with Crippen molar-refractivity contribution in [1.82, 2.24) is 0 Å². The van der Waals surface area contributed by atoms with Gasteiger partial charge in [-0.25, -0.2) is 0 Å². The number of hydrogen-bond donors (Lipinski definition) is 0. The molecule has 0 fully saturated rings. The molecule has 152 valence electrons. The van der Waals surface area contributed by atoms with Gasteiger partial charge in [0.25, 0.3) is 0 Å². The van der Waals surface area contributed by atoms with Gasteiger partial charge >= 0.3 is 0 Å². The molecule has 0 amide bonds. The number of hydrogen-bond acceptors (Lipinski definition) is 3. The van der Waals surface area contributed by atoms with E-state index in [1.165, 1.54) is 0 Å². The van der Waals surface area contributed by atoms with Crippen LogP contribution in [-0.2, 0) is 6.61 Å². The van der Waals surface area contributed by atoms with Gasteiger partial charge < -0.3 is 9.47 Å². The molecule has 5 heteroatoms. The summed E-state index contributed by atoms with van der Waals surface area (Å²) in [7, 11) is 0. The predicted molar refractivity (Wildman–Crippen MR) is 126 cm³/mol. The van der Waals surface area contributed by atoms with Crippen molar-refractivity contribution in [2.45, 2.75) is 20.5 Å². The van der Waals surface area contributed by atoms with Gasteiger partial charge in [0.05, 0.1) is 18.2 Å². The Balaban J connectivity index is 1.93. The van der Waals surface area contributed by atoms with Gasteiger partial charge in [0.1, 0.15) is 6.61 Å². The highest BCUT2D eigenvalue weighted by Crippen LogP contribution is 2.36. The summed E-state index contributed by atoms with van der Waals surface area (Å²) in [6.45, 7) is 4.76. The zero-order chi connectivity index (χ0) is 21.5. The molecule has 0 spiro atoms. The number of nitrogens with zero attached hydrogens (tertiary/aromatic N) is 1. The van der Waals surface area contributed by atoms with E-state index in [0.29, 0.717) is 35.3 Å². The molecule has 0 unspecified atom stereocenters. The zero-order valence-corrected chi connectivity index (χ0v) is 19.1. The number of rotatable bonds is 7. The minimum Gasteiger partial charge on any atom is -0.490 e. The summed E-state index contributed by atoms with van der Waals surface area (Å²) < 4.78 is 12.6. The molecule has 0 aliphatic heterocycles. The number of allylic oxidation sites excluding steroid dienone is 1. The molecule has 0 saturated carbocycles. The Kier molecular flexibility index (Phi) is 7.57. The second-order valence-electron chi connectivity index (χ2n) is 6.67. The monoisotopic (exact) mass is 481 g/mol. The fraction of sp³-hybridized carbons (Fsp3) is 0.160. The van der Waals surface area contributed by atoms with E-state index in [9.17, 15) is 5.26 Å². The molecule has 0 aliphatic rings. The fourth-order valence-corrected chi connectivity index (χ4v) is 3.51. The lowest BCUT2D eigenvalue weighted by molar-refractivity contribution is 0.269. The standard InChI is InChI=1S/C25H21BrClNO2/c1-3-29-24-13-20(12-21(15-28)18-10-8-17(2)9-11-18)22(26)14-25(24)30-16-19-6-4-5-7-23(19)27/h4-14H,3,16H2,1-2H3/b21-12-. The summed E-state index contributed by atoms with van der Waals surface area (Å²) >= 11 is 9.83. The van der Waals surface area contributed by atoms with Gasteiger partial charge in [0, 0.05) is 15.1 Å². The first-order valence-electron chi connectivity index (χ1n) is 9.53. The van der Waals surface area contributed by atoms with Crippen LogP contribution < -0.4 is 9.47 Å². The minimum atomic E-state index is 0.328. The molecular weight excluding hydrogens is 462 g/mol. The third-order valence-electron chi connectivity index (χ3n) is 4.49. The average molecular weight is 483 g/mol. The third kappa shape index (κ3) is 5.44. The molecule has 0 bridgehead atoms. The Morgan fingerprint density at radius 3 is 2.43 bits per heavy atom. The van der Waals surface area contributed by atoms with E-state index >= 15 is 0 Å². The van der Waals surface area contributed by atoms with E-state index in [0.717, 1.165) is 26.7 Å². The molecule has 0 atom stereocenters. The van der Waals surface area contributed by atoms with Crippen molar-refractivity contribution in [1.29, 1.82) is 5.26 Å². The summed E-state index contributed by atoms with van der Waals surface area (Å²) in [6, 6.07) is 21.5. The van der Waals surface area contributed by atoms with Crippen LogP contribution in [0, 0.1) is 18.3 Å². The average Bonchev–Trinajstić information content (AvgIpc) is 2.74. The van der Waals surface area contributed by atoms with Crippen molar-refractivity contribution in [3.8, 4) is 17.6 Å². The number of ether oxygens (including phenoxy) is 2. The summed E-state index contributed by atoms with van der Waals surface area (Å²) in [5.41, 5.74) is 4.32. The maximum absolute atomic E-state index is 9.66. The second kappa shape index (κ2) is 10.3. The number of aryl methyl sites for hydroxylation is 1. The third-order valence-corrected chi connectivity index (χ3v) is 5.54. The number of benzene rings is 3. The first kappa shape index (κ1) is 22.0. The lowest BCUT2D eigenvalue weighted by Gasteiger charge is -2.15. The molecule has 0 saturated heterocycles. The molecule has 0 heterocycles. The van der Waals surface area contributed by atoms with E-state index in [4.69, 9.17) is 21.1 Å². The lowest BCUT2D eigenvalue weighted by atomic mass is 10.0. The molecular formula is C25H21BrClNO2. The zero-order valence-electron chi connectivity index (χ0n) is 16.8. The van der Waals surface area contributed by atoms with Crippen molar-refractivity contribution in [2.75, 3.05) is 6.61 Å².